The summed E-state index contributed by atoms with van der Waals surface area (Å²) < 4.78 is 0. The van der Waals surface area contributed by atoms with Gasteiger partial charge < -0.3 is 10.8 Å². The van der Waals surface area contributed by atoms with Gasteiger partial charge in [0.05, 0.1) is 10.8 Å². The second kappa shape index (κ2) is 4.52. The first-order valence-corrected chi connectivity index (χ1v) is 4.23. The Labute approximate surface area is 85.5 Å². The van der Waals surface area contributed by atoms with Crippen molar-refractivity contribution in [3.8, 4) is 0 Å². The van der Waals surface area contributed by atoms with Gasteiger partial charge in [-0.3, -0.25) is 14.9 Å². The summed E-state index contributed by atoms with van der Waals surface area (Å²) in [6.45, 7) is -0.0868. The second-order valence-corrected chi connectivity index (χ2v) is 2.98. The predicted molar refractivity (Wildman–Crippen MR) is 52.5 cm³/mol. The Morgan fingerprint density at radius 2 is 2.27 bits per heavy atom. The average Bonchev–Trinajstić information content (AvgIpc) is 2.18. The van der Waals surface area contributed by atoms with Gasteiger partial charge >= 0.3 is 5.97 Å². The highest BCUT2D eigenvalue weighted by Crippen LogP contribution is 2.20. The third-order valence-corrected chi connectivity index (χ3v) is 2.02. The zero-order valence-electron chi connectivity index (χ0n) is 7.79. The zero-order valence-corrected chi connectivity index (χ0v) is 7.79. The van der Waals surface area contributed by atoms with Gasteiger partial charge in [-0.1, -0.05) is 12.1 Å². The summed E-state index contributed by atoms with van der Waals surface area (Å²) in [5.74, 6) is -1.98. The first-order valence-electron chi connectivity index (χ1n) is 4.23. The summed E-state index contributed by atoms with van der Waals surface area (Å²) in [4.78, 5) is 20.7. The number of rotatable bonds is 4. The van der Waals surface area contributed by atoms with Crippen molar-refractivity contribution >= 4 is 11.7 Å². The van der Waals surface area contributed by atoms with Crippen LogP contribution in [0.5, 0.6) is 0 Å². The number of carbonyl (C=O) groups is 1. The molecule has 1 aromatic rings. The molecule has 3 N–H and O–H groups in total. The molecule has 1 rings (SSSR count). The smallest absolute Gasteiger partial charge is 0.312 e. The lowest BCUT2D eigenvalue weighted by Gasteiger charge is -2.08. The minimum absolute atomic E-state index is 0.0868. The Hall–Kier alpha value is -1.95. The maximum Gasteiger partial charge on any atom is 0.312 e. The SMILES string of the molecule is NC[C@H](C(=O)O)c1cccc([N+](=O)[O-])c1. The Morgan fingerprint density at radius 1 is 1.60 bits per heavy atom. The predicted octanol–water partition coefficient (Wildman–Crippen LogP) is 0.722. The van der Waals surface area contributed by atoms with Crippen molar-refractivity contribution in [1.82, 2.24) is 0 Å². The number of carboxylic acids is 1. The molecule has 1 atom stereocenters. The van der Waals surface area contributed by atoms with Crippen LogP contribution in [0.1, 0.15) is 11.5 Å². The van der Waals surface area contributed by atoms with Crippen LogP contribution in [0.2, 0.25) is 0 Å². The van der Waals surface area contributed by atoms with Gasteiger partial charge in [-0.15, -0.1) is 0 Å². The Balaban J connectivity index is 3.08. The van der Waals surface area contributed by atoms with Gasteiger partial charge in [0.15, 0.2) is 0 Å². The summed E-state index contributed by atoms with van der Waals surface area (Å²) in [6, 6.07) is 5.49. The number of hydrogen-bond acceptors (Lipinski definition) is 4. The molecule has 0 spiro atoms. The van der Waals surface area contributed by atoms with Crippen molar-refractivity contribution < 1.29 is 14.8 Å². The molecule has 0 bridgehead atoms. The van der Waals surface area contributed by atoms with Gasteiger partial charge in [-0.25, -0.2) is 0 Å². The van der Waals surface area contributed by atoms with E-state index in [9.17, 15) is 14.9 Å². The van der Waals surface area contributed by atoms with Crippen LogP contribution in [0.25, 0.3) is 0 Å². The molecule has 6 nitrogen and oxygen atoms in total. The molecule has 6 heteroatoms. The van der Waals surface area contributed by atoms with Crippen LogP contribution in [0.3, 0.4) is 0 Å². The number of aliphatic carboxylic acids is 1. The largest absolute Gasteiger partial charge is 0.481 e. The monoisotopic (exact) mass is 210 g/mol. The average molecular weight is 210 g/mol. The lowest BCUT2D eigenvalue weighted by molar-refractivity contribution is -0.384. The van der Waals surface area contributed by atoms with E-state index in [0.29, 0.717) is 5.56 Å². The minimum Gasteiger partial charge on any atom is -0.481 e. The van der Waals surface area contributed by atoms with Crippen LogP contribution in [0.15, 0.2) is 24.3 Å². The summed E-state index contributed by atoms with van der Waals surface area (Å²) in [5.41, 5.74) is 5.50. The minimum atomic E-state index is -1.09. The maximum absolute atomic E-state index is 10.8. The van der Waals surface area contributed by atoms with E-state index in [1.165, 1.54) is 24.3 Å². The van der Waals surface area contributed by atoms with E-state index in [0.717, 1.165) is 0 Å². The van der Waals surface area contributed by atoms with Gasteiger partial charge in [-0.2, -0.15) is 0 Å². The molecule has 0 saturated carbocycles. The van der Waals surface area contributed by atoms with Crippen LogP contribution < -0.4 is 5.73 Å². The molecule has 0 unspecified atom stereocenters. The second-order valence-electron chi connectivity index (χ2n) is 2.98. The fraction of sp³-hybridized carbons (Fsp3) is 0.222. The highest BCUT2D eigenvalue weighted by molar-refractivity contribution is 5.76. The topological polar surface area (TPSA) is 106 Å². The summed E-state index contributed by atoms with van der Waals surface area (Å²) >= 11 is 0. The molecule has 0 saturated heterocycles. The lowest BCUT2D eigenvalue weighted by atomic mass is 9.99. The van der Waals surface area contributed by atoms with Gasteiger partial charge in [0, 0.05) is 18.7 Å². The quantitative estimate of drug-likeness (QED) is 0.562. The Bertz CT molecular complexity index is 391. The maximum atomic E-state index is 10.8. The highest BCUT2D eigenvalue weighted by atomic mass is 16.6. The molecule has 0 aliphatic carbocycles. The van der Waals surface area contributed by atoms with Crippen LogP contribution in [0, 0.1) is 10.1 Å². The van der Waals surface area contributed by atoms with Crippen molar-refractivity contribution in [2.45, 2.75) is 5.92 Å². The van der Waals surface area contributed by atoms with E-state index in [4.69, 9.17) is 10.8 Å². The van der Waals surface area contributed by atoms with Gasteiger partial charge in [0.2, 0.25) is 0 Å². The van der Waals surface area contributed by atoms with Crippen molar-refractivity contribution in [1.29, 1.82) is 0 Å². The zero-order chi connectivity index (χ0) is 11.4. The van der Waals surface area contributed by atoms with E-state index >= 15 is 0 Å². The van der Waals surface area contributed by atoms with Crippen molar-refractivity contribution in [2.24, 2.45) is 5.73 Å². The van der Waals surface area contributed by atoms with Crippen LogP contribution in [-0.2, 0) is 4.79 Å². The number of nitrogens with zero attached hydrogens (tertiary/aromatic N) is 1. The van der Waals surface area contributed by atoms with Gasteiger partial charge in [0.1, 0.15) is 0 Å². The summed E-state index contributed by atoms with van der Waals surface area (Å²) in [7, 11) is 0. The molecule has 0 aromatic heterocycles. The molecule has 1 aromatic carbocycles. The number of hydrogen-bond donors (Lipinski definition) is 2. The normalized spacial score (nSPS) is 12.1. The molecular weight excluding hydrogens is 200 g/mol. The van der Waals surface area contributed by atoms with E-state index in [-0.39, 0.29) is 12.2 Å². The molecule has 0 fully saturated rings. The number of non-ortho nitro benzene ring substituents is 1. The number of nitrogens with two attached hydrogens (primary N) is 1. The fourth-order valence-corrected chi connectivity index (χ4v) is 1.23. The summed E-state index contributed by atoms with van der Waals surface area (Å²) in [5, 5.41) is 19.3. The van der Waals surface area contributed by atoms with Crippen LogP contribution in [-0.4, -0.2) is 22.5 Å². The standard InChI is InChI=1S/C9H10N2O4/c10-5-8(9(12)13)6-2-1-3-7(4-6)11(14)15/h1-4,8H,5,10H2,(H,12,13)/t8-/m0/s1. The number of nitro groups is 1. The first-order chi connectivity index (χ1) is 7.06. The molecule has 0 aliphatic rings. The van der Waals surface area contributed by atoms with Crippen molar-refractivity contribution in [3.63, 3.8) is 0 Å². The first kappa shape index (κ1) is 11.1. The number of nitro benzene ring substituents is 1. The molecule has 0 amide bonds. The molecule has 15 heavy (non-hydrogen) atoms. The third-order valence-electron chi connectivity index (χ3n) is 2.02. The molecule has 80 valence electrons. The molecule has 0 radical (unpaired) electrons. The number of carboxylic acid groups (broad SMARTS) is 1. The van der Waals surface area contributed by atoms with Crippen LogP contribution in [0.4, 0.5) is 5.69 Å². The van der Waals surface area contributed by atoms with E-state index in [1.807, 2.05) is 0 Å². The van der Waals surface area contributed by atoms with Crippen molar-refractivity contribution in [2.75, 3.05) is 6.54 Å². The Morgan fingerprint density at radius 3 is 2.73 bits per heavy atom. The molecular formula is C9H10N2O4. The van der Waals surface area contributed by atoms with E-state index in [2.05, 4.69) is 0 Å². The van der Waals surface area contributed by atoms with Gasteiger partial charge in [0.25, 0.3) is 5.69 Å². The van der Waals surface area contributed by atoms with Gasteiger partial charge in [-0.05, 0) is 5.56 Å². The van der Waals surface area contributed by atoms with E-state index < -0.39 is 16.8 Å². The Kier molecular flexibility index (Phi) is 3.35. The van der Waals surface area contributed by atoms with Crippen LogP contribution >= 0.6 is 0 Å². The molecule has 0 aliphatic heterocycles. The fourth-order valence-electron chi connectivity index (χ4n) is 1.23. The van der Waals surface area contributed by atoms with E-state index in [1.54, 1.807) is 0 Å². The van der Waals surface area contributed by atoms with Crippen molar-refractivity contribution in [3.05, 3.63) is 39.9 Å². The lowest BCUT2D eigenvalue weighted by Crippen LogP contribution is -2.21. The third kappa shape index (κ3) is 2.50. The highest BCUT2D eigenvalue weighted by Gasteiger charge is 2.19. The number of benzene rings is 1. The molecule has 0 heterocycles. The summed E-state index contributed by atoms with van der Waals surface area (Å²) in [6.07, 6.45) is 0.